The van der Waals surface area contributed by atoms with E-state index in [0.29, 0.717) is 25.8 Å². The molecule has 0 spiro atoms. The number of unbranched alkanes of at least 4 members (excludes halogenated alkanes) is 3. The van der Waals surface area contributed by atoms with Gasteiger partial charge in [0.25, 0.3) is 5.91 Å². The number of carbonyl (C=O) groups is 5. The number of ketones is 1. The van der Waals surface area contributed by atoms with Gasteiger partial charge < -0.3 is 31.5 Å². The van der Waals surface area contributed by atoms with Crippen molar-refractivity contribution in [3.05, 3.63) is 0 Å². The number of urea groups is 1. The Balaban J connectivity index is 0.00000284. The average Bonchev–Trinajstić information content (AvgIpc) is 4.01. The molecule has 2 saturated heterocycles. The summed E-state index contributed by atoms with van der Waals surface area (Å²) in [6.45, 7) is 16.2. The minimum Gasteiger partial charge on any atom is -0.347 e. The van der Waals surface area contributed by atoms with Crippen LogP contribution in [-0.2, 0) is 23.4 Å². The standard InChI is InChI=1S/C35H61N5O7S.C2H5N/c1-10-12-14-15-17-25(23-48(46,47-9)35(6,7)8)37-33(45)39-29(34(3,4)5)32(44)40-22-16-19-27(40)30(42)38-26(18-13-11-2)28(41)31(43)36-24-20-21-24;1-2-3-1/h2,24-27,29,46H,10,12-23H2,1,3-9H3,(H,36,43)(H,38,42)(H2,37,39,45);3H,1-2H2/t25?,26?,27-,29?;/m0./s1. The second-order valence-electron chi connectivity index (χ2n) is 15.9. The van der Waals surface area contributed by atoms with Crippen LogP contribution in [0, 0.1) is 17.8 Å². The minimum atomic E-state index is -2.54. The Morgan fingerprint density at radius 1 is 0.980 bits per heavy atom. The van der Waals surface area contributed by atoms with Gasteiger partial charge in [-0.3, -0.25) is 27.9 Å². The van der Waals surface area contributed by atoms with Gasteiger partial charge in [-0.25, -0.2) is 4.79 Å². The van der Waals surface area contributed by atoms with Crippen LogP contribution >= 0.6 is 10.6 Å². The molecule has 0 bridgehead atoms. The molecule has 51 heavy (non-hydrogen) atoms. The number of hydrogen-bond acceptors (Lipinski definition) is 8. The van der Waals surface area contributed by atoms with Gasteiger partial charge >= 0.3 is 6.03 Å². The molecule has 2 aliphatic heterocycles. The molecule has 292 valence electrons. The Morgan fingerprint density at radius 3 is 2.14 bits per heavy atom. The van der Waals surface area contributed by atoms with Crippen molar-refractivity contribution in [3.63, 3.8) is 0 Å². The zero-order chi connectivity index (χ0) is 38.4. The molecule has 6 N–H and O–H groups in total. The maximum absolute atomic E-state index is 14.1. The molecule has 4 unspecified atom stereocenters. The lowest BCUT2D eigenvalue weighted by Gasteiger charge is -2.49. The van der Waals surface area contributed by atoms with E-state index >= 15 is 0 Å². The predicted octanol–water partition coefficient (Wildman–Crippen LogP) is 4.00. The first-order chi connectivity index (χ1) is 23.9. The van der Waals surface area contributed by atoms with E-state index in [1.54, 1.807) is 0 Å². The van der Waals surface area contributed by atoms with Crippen LogP contribution in [0.3, 0.4) is 0 Å². The van der Waals surface area contributed by atoms with Gasteiger partial charge in [-0.15, -0.1) is 12.3 Å². The van der Waals surface area contributed by atoms with Crippen molar-refractivity contribution in [3.8, 4) is 12.3 Å². The predicted molar refractivity (Wildman–Crippen MR) is 203 cm³/mol. The van der Waals surface area contributed by atoms with Crippen molar-refractivity contribution in [1.29, 1.82) is 0 Å². The summed E-state index contributed by atoms with van der Waals surface area (Å²) in [6, 6.07) is -3.92. The highest BCUT2D eigenvalue weighted by Crippen LogP contribution is 2.56. The lowest BCUT2D eigenvalue weighted by molar-refractivity contribution is -0.143. The van der Waals surface area contributed by atoms with Crippen LogP contribution in [0.2, 0.25) is 0 Å². The maximum Gasteiger partial charge on any atom is 0.315 e. The van der Waals surface area contributed by atoms with Crippen molar-refractivity contribution in [2.75, 3.05) is 32.5 Å². The fourth-order valence-corrected chi connectivity index (χ4v) is 7.67. The van der Waals surface area contributed by atoms with Crippen molar-refractivity contribution in [1.82, 2.24) is 31.5 Å². The fourth-order valence-electron chi connectivity index (χ4n) is 5.74. The molecule has 14 heteroatoms. The van der Waals surface area contributed by atoms with Crippen LogP contribution in [0.4, 0.5) is 4.79 Å². The van der Waals surface area contributed by atoms with Gasteiger partial charge in [0, 0.05) is 38.1 Å². The number of hydrogen-bond donors (Lipinski definition) is 6. The largest absolute Gasteiger partial charge is 0.347 e. The molecule has 1 saturated carbocycles. The first-order valence-electron chi connectivity index (χ1n) is 18.6. The van der Waals surface area contributed by atoms with Crippen molar-refractivity contribution in [2.24, 2.45) is 5.41 Å². The van der Waals surface area contributed by atoms with Gasteiger partial charge in [0.1, 0.15) is 12.1 Å². The van der Waals surface area contributed by atoms with E-state index in [2.05, 4.69) is 39.4 Å². The van der Waals surface area contributed by atoms with E-state index in [-0.39, 0.29) is 24.6 Å². The van der Waals surface area contributed by atoms with Crippen LogP contribution < -0.4 is 26.6 Å². The smallest absolute Gasteiger partial charge is 0.315 e. The summed E-state index contributed by atoms with van der Waals surface area (Å²) >= 11 is 0. The van der Waals surface area contributed by atoms with Crippen LogP contribution in [-0.4, -0.2) is 106 Å². The molecule has 0 aromatic heterocycles. The van der Waals surface area contributed by atoms with Crippen LogP contribution in [0.15, 0.2) is 0 Å². The Labute approximate surface area is 308 Å². The van der Waals surface area contributed by atoms with Gasteiger partial charge in [0.15, 0.2) is 0 Å². The van der Waals surface area contributed by atoms with E-state index < -0.39 is 74.5 Å². The summed E-state index contributed by atoms with van der Waals surface area (Å²) in [5, 5.41) is 14.2. The summed E-state index contributed by atoms with van der Waals surface area (Å²) in [6.07, 6.45) is 12.9. The zero-order valence-electron chi connectivity index (χ0n) is 32.3. The van der Waals surface area contributed by atoms with E-state index in [1.807, 2.05) is 41.5 Å². The fraction of sp³-hybridized carbons (Fsp3) is 0.811. The lowest BCUT2D eigenvalue weighted by Crippen LogP contribution is -2.60. The Bertz CT molecular complexity index is 1220. The summed E-state index contributed by atoms with van der Waals surface area (Å²) in [4.78, 5) is 68.1. The Hall–Kier alpha value is -2.86. The summed E-state index contributed by atoms with van der Waals surface area (Å²) in [5.41, 5.74) is -0.717. The highest BCUT2D eigenvalue weighted by atomic mass is 32.3. The van der Waals surface area contributed by atoms with E-state index in [1.165, 1.54) is 25.1 Å². The maximum atomic E-state index is 14.1. The molecule has 0 aromatic carbocycles. The number of carbonyl (C=O) groups excluding carboxylic acids is 5. The molecule has 5 atom stereocenters. The molecular formula is C37H66N6O7S. The van der Waals surface area contributed by atoms with Gasteiger partial charge in [-0.05, 0) is 64.7 Å². The molecule has 2 heterocycles. The second kappa shape index (κ2) is 20.4. The first kappa shape index (κ1) is 44.3. The molecule has 0 radical (unpaired) electrons. The lowest BCUT2D eigenvalue weighted by atomic mass is 9.85. The number of nitrogens with zero attached hydrogens (tertiary/aromatic N) is 1. The quantitative estimate of drug-likeness (QED) is 0.0527. The summed E-state index contributed by atoms with van der Waals surface area (Å²) in [7, 11) is -1.05. The molecule has 3 rings (SSSR count). The monoisotopic (exact) mass is 738 g/mol. The second-order valence-corrected chi connectivity index (χ2v) is 19.1. The first-order valence-corrected chi connectivity index (χ1v) is 20.3. The number of terminal acetylenes is 1. The molecule has 3 aliphatic rings. The Morgan fingerprint density at radius 2 is 1.63 bits per heavy atom. The third-order valence-corrected chi connectivity index (χ3v) is 12.5. The number of likely N-dealkylation sites (tertiary alicyclic amines) is 1. The minimum absolute atomic E-state index is 0.0188. The normalized spacial score (nSPS) is 20.5. The van der Waals surface area contributed by atoms with Gasteiger partial charge in [-0.1, -0.05) is 53.4 Å². The molecular weight excluding hydrogens is 673 g/mol. The molecule has 1 aliphatic carbocycles. The van der Waals surface area contributed by atoms with Gasteiger partial charge in [0.2, 0.25) is 17.6 Å². The average molecular weight is 739 g/mol. The third kappa shape index (κ3) is 15.0. The highest BCUT2D eigenvalue weighted by molar-refractivity contribution is 8.26. The highest BCUT2D eigenvalue weighted by Gasteiger charge is 2.43. The van der Waals surface area contributed by atoms with Crippen LogP contribution in [0.5, 0.6) is 0 Å². The van der Waals surface area contributed by atoms with Crippen molar-refractivity contribution >= 4 is 40.1 Å². The third-order valence-electron chi connectivity index (χ3n) is 9.22. The Kier molecular flexibility index (Phi) is 17.7. The molecule has 5 amide bonds. The van der Waals surface area contributed by atoms with E-state index in [0.717, 1.165) is 38.5 Å². The summed E-state index contributed by atoms with van der Waals surface area (Å²) < 4.78 is 16.5. The topological polar surface area (TPSA) is 188 Å². The number of nitrogens with one attached hydrogen (secondary N) is 5. The zero-order valence-corrected chi connectivity index (χ0v) is 33.1. The number of amides is 5. The molecule has 0 aromatic rings. The number of rotatable bonds is 18. The van der Waals surface area contributed by atoms with Gasteiger partial charge in [0.05, 0.1) is 23.7 Å². The molecule has 13 nitrogen and oxygen atoms in total. The van der Waals surface area contributed by atoms with E-state index in [4.69, 9.17) is 10.6 Å². The van der Waals surface area contributed by atoms with Crippen LogP contribution in [0.25, 0.3) is 0 Å². The molecule has 3 fully saturated rings. The van der Waals surface area contributed by atoms with Crippen molar-refractivity contribution in [2.45, 2.75) is 154 Å². The van der Waals surface area contributed by atoms with Crippen LogP contribution in [0.1, 0.15) is 119 Å². The van der Waals surface area contributed by atoms with E-state index in [9.17, 15) is 28.5 Å². The van der Waals surface area contributed by atoms with Crippen molar-refractivity contribution < 1.29 is 32.7 Å². The summed E-state index contributed by atoms with van der Waals surface area (Å²) in [5.74, 6) is 0.232. The van der Waals surface area contributed by atoms with Gasteiger partial charge in [-0.2, -0.15) is 10.6 Å². The SMILES string of the molecule is C#CCCC(NC(=O)[C@@H]1CCCN1C(=O)C(NC(=O)NC(CCCCCC)CS(O)(OC)C(C)(C)C)C(C)(C)C)C(=O)C(=O)NC1CC1.C1CN1. The number of Topliss-reactive ketones (excluding diaryl/α,β-unsaturated/α-hetero) is 1.